The second kappa shape index (κ2) is 7.36. The first kappa shape index (κ1) is 15.7. The Bertz CT molecular complexity index is 803. The second-order valence-electron chi connectivity index (χ2n) is 4.95. The van der Waals surface area contributed by atoms with Crippen LogP contribution in [0.25, 0.3) is 0 Å². The van der Waals surface area contributed by atoms with Crippen molar-refractivity contribution in [2.45, 2.75) is 6.42 Å². The highest BCUT2D eigenvalue weighted by atomic mass is 19.1. The Morgan fingerprint density at radius 2 is 1.83 bits per heavy atom. The lowest BCUT2D eigenvalue weighted by atomic mass is 10.1. The van der Waals surface area contributed by atoms with Crippen LogP contribution in [0.2, 0.25) is 0 Å². The molecule has 3 aromatic rings. The predicted molar refractivity (Wildman–Crippen MR) is 84.1 cm³/mol. The molecule has 3 rings (SSSR count). The van der Waals surface area contributed by atoms with Gasteiger partial charge in [0.15, 0.2) is 6.61 Å². The van der Waals surface area contributed by atoms with Gasteiger partial charge in [-0.3, -0.25) is 10.1 Å². The molecule has 0 bridgehead atoms. The van der Waals surface area contributed by atoms with Crippen LogP contribution in [-0.2, 0) is 11.2 Å². The summed E-state index contributed by atoms with van der Waals surface area (Å²) in [5.74, 6) is 0.197. The lowest BCUT2D eigenvalue weighted by Gasteiger charge is -2.04. The first-order valence-corrected chi connectivity index (χ1v) is 7.23. The van der Waals surface area contributed by atoms with E-state index < -0.39 is 5.91 Å². The van der Waals surface area contributed by atoms with Crippen molar-refractivity contribution in [2.75, 3.05) is 11.9 Å². The number of aromatic nitrogens is 2. The smallest absolute Gasteiger partial charge is 0.322 e. The van der Waals surface area contributed by atoms with Crippen LogP contribution in [0, 0.1) is 5.82 Å². The molecule has 1 aromatic heterocycles. The maximum atomic E-state index is 12.9. The minimum atomic E-state index is -0.407. The summed E-state index contributed by atoms with van der Waals surface area (Å²) in [6, 6.07) is 14.9. The molecule has 7 heteroatoms. The van der Waals surface area contributed by atoms with Gasteiger partial charge in [0.25, 0.3) is 5.91 Å². The van der Waals surface area contributed by atoms with Gasteiger partial charge in [0, 0.05) is 0 Å². The first-order valence-electron chi connectivity index (χ1n) is 7.23. The average Bonchev–Trinajstić information content (AvgIpc) is 3.03. The van der Waals surface area contributed by atoms with Gasteiger partial charge in [-0.1, -0.05) is 35.4 Å². The Labute approximate surface area is 137 Å². The van der Waals surface area contributed by atoms with Crippen LogP contribution < -0.4 is 10.1 Å². The molecule has 0 saturated heterocycles. The number of para-hydroxylation sites is 1. The quantitative estimate of drug-likeness (QED) is 0.753. The number of hydrogen-bond donors (Lipinski definition) is 1. The van der Waals surface area contributed by atoms with Crippen molar-refractivity contribution in [1.82, 2.24) is 10.2 Å². The van der Waals surface area contributed by atoms with Crippen molar-refractivity contribution in [3.05, 3.63) is 71.9 Å². The molecule has 0 unspecified atom stereocenters. The molecule has 0 spiro atoms. The molecule has 0 atom stereocenters. The number of carbonyl (C=O) groups excluding carboxylic acids is 1. The van der Waals surface area contributed by atoms with E-state index in [1.54, 1.807) is 24.3 Å². The zero-order chi connectivity index (χ0) is 16.8. The summed E-state index contributed by atoms with van der Waals surface area (Å²) in [5.41, 5.74) is 0.824. The average molecular weight is 327 g/mol. The van der Waals surface area contributed by atoms with Crippen LogP contribution in [0.3, 0.4) is 0 Å². The minimum Gasteiger partial charge on any atom is -0.484 e. The fourth-order valence-corrected chi connectivity index (χ4v) is 1.97. The number of amides is 1. The Morgan fingerprint density at radius 1 is 1.08 bits per heavy atom. The van der Waals surface area contributed by atoms with E-state index in [2.05, 4.69) is 15.5 Å². The summed E-state index contributed by atoms with van der Waals surface area (Å²) in [6.07, 6.45) is 0.351. The van der Waals surface area contributed by atoms with Gasteiger partial charge in [0.1, 0.15) is 11.6 Å². The standard InChI is InChI=1S/C17H14FN3O3/c18-13-8-6-12(7-9-13)10-16-20-21-17(24-16)19-15(22)11-23-14-4-2-1-3-5-14/h1-9H,10-11H2,(H,19,21,22). The monoisotopic (exact) mass is 327 g/mol. The Hall–Kier alpha value is -3.22. The predicted octanol–water partition coefficient (Wildman–Crippen LogP) is 2.82. The minimum absolute atomic E-state index is 0.00577. The molecular formula is C17H14FN3O3. The number of nitrogens with zero attached hydrogens (tertiary/aromatic N) is 2. The Kier molecular flexibility index (Phi) is 4.81. The Balaban J connectivity index is 1.51. The van der Waals surface area contributed by atoms with Gasteiger partial charge < -0.3 is 9.15 Å². The summed E-state index contributed by atoms with van der Waals surface area (Å²) in [6.45, 7) is -0.167. The number of benzene rings is 2. The molecule has 1 N–H and O–H groups in total. The number of anilines is 1. The molecule has 1 heterocycles. The summed E-state index contributed by atoms with van der Waals surface area (Å²) >= 11 is 0. The highest BCUT2D eigenvalue weighted by molar-refractivity contribution is 5.89. The third-order valence-corrected chi connectivity index (χ3v) is 3.09. The van der Waals surface area contributed by atoms with Crippen LogP contribution in [0.4, 0.5) is 10.4 Å². The molecule has 0 aliphatic heterocycles. The molecule has 122 valence electrons. The highest BCUT2D eigenvalue weighted by Crippen LogP contribution is 2.12. The van der Waals surface area contributed by atoms with Crippen LogP contribution in [0.15, 0.2) is 59.0 Å². The molecule has 0 radical (unpaired) electrons. The molecule has 0 aliphatic carbocycles. The Morgan fingerprint density at radius 3 is 2.58 bits per heavy atom. The molecular weight excluding hydrogens is 313 g/mol. The summed E-state index contributed by atoms with van der Waals surface area (Å²) in [5, 5.41) is 10.0. The van der Waals surface area contributed by atoms with Crippen LogP contribution in [0.5, 0.6) is 5.75 Å². The van der Waals surface area contributed by atoms with Gasteiger partial charge in [-0.25, -0.2) is 4.39 Å². The van der Waals surface area contributed by atoms with Crippen LogP contribution in [0.1, 0.15) is 11.5 Å². The van der Waals surface area contributed by atoms with Crippen LogP contribution >= 0.6 is 0 Å². The number of halogens is 1. The fourth-order valence-electron chi connectivity index (χ4n) is 1.97. The molecule has 0 aliphatic rings. The van der Waals surface area contributed by atoms with E-state index in [4.69, 9.17) is 9.15 Å². The molecule has 6 nitrogen and oxygen atoms in total. The topological polar surface area (TPSA) is 77.2 Å². The molecule has 2 aromatic carbocycles. The van der Waals surface area contributed by atoms with E-state index in [-0.39, 0.29) is 18.4 Å². The van der Waals surface area contributed by atoms with E-state index in [0.717, 1.165) is 5.56 Å². The van der Waals surface area contributed by atoms with E-state index in [1.807, 2.05) is 18.2 Å². The van der Waals surface area contributed by atoms with Crippen LogP contribution in [-0.4, -0.2) is 22.7 Å². The normalized spacial score (nSPS) is 10.4. The van der Waals surface area contributed by atoms with E-state index in [0.29, 0.717) is 18.1 Å². The molecule has 0 saturated carbocycles. The summed E-state index contributed by atoms with van der Waals surface area (Å²) in [7, 11) is 0. The maximum Gasteiger partial charge on any atom is 0.322 e. The highest BCUT2D eigenvalue weighted by Gasteiger charge is 2.11. The molecule has 1 amide bonds. The second-order valence-corrected chi connectivity index (χ2v) is 4.95. The van der Waals surface area contributed by atoms with Crippen molar-refractivity contribution in [3.63, 3.8) is 0 Å². The summed E-state index contributed by atoms with van der Waals surface area (Å²) < 4.78 is 23.5. The van der Waals surface area contributed by atoms with Crippen molar-refractivity contribution in [2.24, 2.45) is 0 Å². The van der Waals surface area contributed by atoms with Gasteiger partial charge in [0.05, 0.1) is 6.42 Å². The van der Waals surface area contributed by atoms with E-state index >= 15 is 0 Å². The van der Waals surface area contributed by atoms with Gasteiger partial charge in [0.2, 0.25) is 5.89 Å². The van der Waals surface area contributed by atoms with Gasteiger partial charge in [-0.2, -0.15) is 0 Å². The number of carbonyl (C=O) groups is 1. The summed E-state index contributed by atoms with van der Waals surface area (Å²) in [4.78, 5) is 11.8. The van der Waals surface area contributed by atoms with Gasteiger partial charge in [-0.15, -0.1) is 5.10 Å². The number of ether oxygens (including phenoxy) is 1. The lowest BCUT2D eigenvalue weighted by Crippen LogP contribution is -2.20. The third kappa shape index (κ3) is 4.39. The number of nitrogens with one attached hydrogen (secondary N) is 1. The van der Waals surface area contributed by atoms with Crippen molar-refractivity contribution < 1.29 is 18.3 Å². The zero-order valence-electron chi connectivity index (χ0n) is 12.6. The fraction of sp³-hybridized carbons (Fsp3) is 0.118. The van der Waals surface area contributed by atoms with Crippen molar-refractivity contribution in [3.8, 4) is 5.75 Å². The van der Waals surface area contributed by atoms with Gasteiger partial charge in [-0.05, 0) is 29.8 Å². The SMILES string of the molecule is O=C(COc1ccccc1)Nc1nnc(Cc2ccc(F)cc2)o1. The van der Waals surface area contributed by atoms with E-state index in [9.17, 15) is 9.18 Å². The zero-order valence-corrected chi connectivity index (χ0v) is 12.6. The first-order chi connectivity index (χ1) is 11.7. The van der Waals surface area contributed by atoms with Crippen molar-refractivity contribution in [1.29, 1.82) is 0 Å². The molecule has 0 fully saturated rings. The van der Waals surface area contributed by atoms with Gasteiger partial charge >= 0.3 is 6.01 Å². The number of hydrogen-bond acceptors (Lipinski definition) is 5. The number of rotatable bonds is 6. The largest absolute Gasteiger partial charge is 0.484 e. The lowest BCUT2D eigenvalue weighted by molar-refractivity contribution is -0.118. The van der Waals surface area contributed by atoms with E-state index in [1.165, 1.54) is 12.1 Å². The molecule has 24 heavy (non-hydrogen) atoms. The third-order valence-electron chi connectivity index (χ3n) is 3.09. The maximum absolute atomic E-state index is 12.9. The van der Waals surface area contributed by atoms with Crippen molar-refractivity contribution >= 4 is 11.9 Å².